The number of aromatic nitrogens is 2. The van der Waals surface area contributed by atoms with E-state index in [1.165, 1.54) is 6.26 Å². The van der Waals surface area contributed by atoms with Crippen LogP contribution in [0.1, 0.15) is 22.5 Å². The molecule has 5 aromatic rings. The van der Waals surface area contributed by atoms with Crippen LogP contribution in [-0.2, 0) is 27.6 Å². The maximum Gasteiger partial charge on any atom is 0.307 e. The highest BCUT2D eigenvalue weighted by atomic mass is 35.5. The molecule has 0 bridgehead atoms. The minimum atomic E-state index is -3.30. The van der Waals surface area contributed by atoms with Crippen molar-refractivity contribution in [2.45, 2.75) is 17.9 Å². The third kappa shape index (κ3) is 7.18. The first kappa shape index (κ1) is 29.3. The summed E-state index contributed by atoms with van der Waals surface area (Å²) in [6.45, 7) is 0.515. The summed E-state index contributed by atoms with van der Waals surface area (Å²) in [5.41, 5.74) is 5.85. The highest BCUT2D eigenvalue weighted by Crippen LogP contribution is 2.31. The molecule has 6 nitrogen and oxygen atoms in total. The van der Waals surface area contributed by atoms with Crippen molar-refractivity contribution in [3.05, 3.63) is 130 Å². The zero-order chi connectivity index (χ0) is 29.9. The molecular formula is C33H26Cl2N2O4S. The first-order valence-corrected chi connectivity index (χ1v) is 15.6. The summed E-state index contributed by atoms with van der Waals surface area (Å²) in [7, 11) is -3.30. The summed E-state index contributed by atoms with van der Waals surface area (Å²) in [4.78, 5) is 16.2. The van der Waals surface area contributed by atoms with E-state index in [4.69, 9.17) is 33.3 Å². The molecule has 212 valence electrons. The Bertz CT molecular complexity index is 1900. The second-order valence-corrected chi connectivity index (χ2v) is 12.7. The number of carbonyl (C=O) groups is 1. The summed E-state index contributed by atoms with van der Waals surface area (Å²) < 4.78 is 25.9. The minimum absolute atomic E-state index is 0.0273. The Morgan fingerprint density at radius 3 is 2.26 bits per heavy atom. The fraction of sp³-hybridized carbons (Fsp3) is 0.0909. The van der Waals surface area contributed by atoms with Crippen LogP contribution >= 0.6 is 23.2 Å². The number of carboxylic acid groups (broad SMARTS) is 1. The van der Waals surface area contributed by atoms with Crippen molar-refractivity contribution in [1.29, 1.82) is 0 Å². The fourth-order valence-corrected chi connectivity index (χ4v) is 5.69. The Labute approximate surface area is 254 Å². The van der Waals surface area contributed by atoms with Gasteiger partial charge in [-0.05, 0) is 64.2 Å². The molecule has 0 unspecified atom stereocenters. The Kier molecular flexibility index (Phi) is 8.64. The average Bonchev–Trinajstić information content (AvgIpc) is 3.34. The lowest BCUT2D eigenvalue weighted by atomic mass is 10.0. The van der Waals surface area contributed by atoms with Crippen molar-refractivity contribution >= 4 is 51.2 Å². The second kappa shape index (κ2) is 12.4. The van der Waals surface area contributed by atoms with Crippen LogP contribution in [0.15, 0.2) is 102 Å². The number of hydrogen-bond donors (Lipinski definition) is 1. The lowest BCUT2D eigenvalue weighted by Crippen LogP contribution is -2.02. The zero-order valence-corrected chi connectivity index (χ0v) is 24.9. The van der Waals surface area contributed by atoms with Crippen LogP contribution in [0.2, 0.25) is 10.0 Å². The Hall–Kier alpha value is -4.17. The molecule has 1 aromatic heterocycles. The number of sulfone groups is 1. The fourth-order valence-electron chi connectivity index (χ4n) is 4.51. The lowest BCUT2D eigenvalue weighted by molar-refractivity contribution is -0.136. The molecule has 42 heavy (non-hydrogen) atoms. The molecular weight excluding hydrogens is 591 g/mol. The number of carboxylic acids is 1. The molecule has 1 heterocycles. The Morgan fingerprint density at radius 2 is 1.60 bits per heavy atom. The first-order chi connectivity index (χ1) is 20.0. The van der Waals surface area contributed by atoms with E-state index in [9.17, 15) is 13.2 Å². The molecule has 0 saturated carbocycles. The van der Waals surface area contributed by atoms with E-state index in [2.05, 4.69) is 0 Å². The van der Waals surface area contributed by atoms with Crippen molar-refractivity contribution < 1.29 is 18.3 Å². The normalized spacial score (nSPS) is 11.7. The summed E-state index contributed by atoms with van der Waals surface area (Å²) in [5, 5.41) is 10.1. The number of aliphatic carboxylic acids is 1. The summed E-state index contributed by atoms with van der Waals surface area (Å²) >= 11 is 12.6. The van der Waals surface area contributed by atoms with Gasteiger partial charge in [-0.3, -0.25) is 4.79 Å². The van der Waals surface area contributed by atoms with Crippen molar-refractivity contribution in [2.24, 2.45) is 0 Å². The van der Waals surface area contributed by atoms with Crippen molar-refractivity contribution in [1.82, 2.24) is 9.55 Å². The smallest absolute Gasteiger partial charge is 0.307 e. The van der Waals surface area contributed by atoms with Crippen LogP contribution in [0, 0.1) is 0 Å². The van der Waals surface area contributed by atoms with Crippen molar-refractivity contribution in [3.63, 3.8) is 0 Å². The summed E-state index contributed by atoms with van der Waals surface area (Å²) in [6, 6.07) is 27.5. The van der Waals surface area contributed by atoms with E-state index >= 15 is 0 Å². The average molecular weight is 618 g/mol. The van der Waals surface area contributed by atoms with Crippen LogP contribution in [0.3, 0.4) is 0 Å². The zero-order valence-electron chi connectivity index (χ0n) is 22.5. The van der Waals surface area contributed by atoms with Gasteiger partial charge in [0.2, 0.25) is 0 Å². The van der Waals surface area contributed by atoms with Crippen LogP contribution in [0.4, 0.5) is 0 Å². The van der Waals surface area contributed by atoms with Gasteiger partial charge in [0.1, 0.15) is 5.82 Å². The highest BCUT2D eigenvalue weighted by Gasteiger charge is 2.13. The lowest BCUT2D eigenvalue weighted by Gasteiger charge is -2.07. The standard InChI is InChI=1S/C33H26Cl2N2O4S/c1-42(40,41)28-4-2-3-26(18-28)25-12-9-22(10-13-25)11-16-32-36-31(29-15-14-27(34)19-30(29)35)21-37(32)20-24-7-5-23(6-8-24)17-33(38)39/h2-16,18-19,21H,17,20H2,1H3,(H,38,39)/b16-11+. The van der Waals surface area contributed by atoms with Crippen LogP contribution < -0.4 is 0 Å². The number of nitrogens with zero attached hydrogens (tertiary/aromatic N) is 2. The molecule has 0 spiro atoms. The van der Waals surface area contributed by atoms with E-state index < -0.39 is 15.8 Å². The van der Waals surface area contributed by atoms with Gasteiger partial charge in [0.05, 0.1) is 22.0 Å². The van der Waals surface area contributed by atoms with Gasteiger partial charge >= 0.3 is 5.97 Å². The minimum Gasteiger partial charge on any atom is -0.481 e. The Morgan fingerprint density at radius 1 is 0.881 bits per heavy atom. The predicted octanol–water partition coefficient (Wildman–Crippen LogP) is 7.77. The van der Waals surface area contributed by atoms with Gasteiger partial charge < -0.3 is 9.67 Å². The van der Waals surface area contributed by atoms with Gasteiger partial charge in [-0.15, -0.1) is 0 Å². The van der Waals surface area contributed by atoms with Crippen LogP contribution in [0.5, 0.6) is 0 Å². The maximum atomic E-state index is 12.0. The largest absolute Gasteiger partial charge is 0.481 e. The molecule has 0 atom stereocenters. The second-order valence-electron chi connectivity index (χ2n) is 9.88. The Balaban J connectivity index is 1.44. The van der Waals surface area contributed by atoms with E-state index in [-0.39, 0.29) is 11.3 Å². The van der Waals surface area contributed by atoms with Crippen LogP contribution in [-0.4, -0.2) is 35.3 Å². The molecule has 0 amide bonds. The van der Waals surface area contributed by atoms with Gasteiger partial charge in [0, 0.05) is 29.6 Å². The van der Waals surface area contributed by atoms with Gasteiger partial charge in [0.15, 0.2) is 9.84 Å². The molecule has 5 rings (SSSR count). The molecule has 0 aliphatic carbocycles. The van der Waals surface area contributed by atoms with Crippen molar-refractivity contribution in [3.8, 4) is 22.4 Å². The quantitative estimate of drug-likeness (QED) is 0.183. The predicted molar refractivity (Wildman–Crippen MR) is 168 cm³/mol. The van der Waals surface area contributed by atoms with Gasteiger partial charge in [-0.25, -0.2) is 13.4 Å². The highest BCUT2D eigenvalue weighted by molar-refractivity contribution is 7.90. The molecule has 0 fully saturated rings. The number of rotatable bonds is 9. The van der Waals surface area contributed by atoms with E-state index in [1.807, 2.05) is 83.6 Å². The van der Waals surface area contributed by atoms with E-state index in [1.54, 1.807) is 30.3 Å². The number of hydrogen-bond acceptors (Lipinski definition) is 4. The van der Waals surface area contributed by atoms with E-state index in [0.717, 1.165) is 33.4 Å². The molecule has 0 aliphatic rings. The number of benzene rings is 4. The first-order valence-electron chi connectivity index (χ1n) is 13.0. The maximum absolute atomic E-state index is 12.0. The van der Waals surface area contributed by atoms with Gasteiger partial charge in [-0.1, -0.05) is 89.9 Å². The molecule has 4 aromatic carbocycles. The van der Waals surface area contributed by atoms with Gasteiger partial charge in [-0.2, -0.15) is 0 Å². The molecule has 0 aliphatic heterocycles. The third-order valence-electron chi connectivity index (χ3n) is 6.68. The van der Waals surface area contributed by atoms with Gasteiger partial charge in [0.25, 0.3) is 0 Å². The summed E-state index contributed by atoms with van der Waals surface area (Å²) in [6.07, 6.45) is 6.98. The topological polar surface area (TPSA) is 89.3 Å². The third-order valence-corrected chi connectivity index (χ3v) is 8.33. The molecule has 0 radical (unpaired) electrons. The monoisotopic (exact) mass is 616 g/mol. The number of halogens is 2. The van der Waals surface area contributed by atoms with E-state index in [0.29, 0.717) is 28.1 Å². The summed E-state index contributed by atoms with van der Waals surface area (Å²) in [5.74, 6) is -0.166. The SMILES string of the molecule is CS(=O)(=O)c1cccc(-c2ccc(/C=C/c3nc(-c4ccc(Cl)cc4Cl)cn3Cc3ccc(CC(=O)O)cc3)cc2)c1. The van der Waals surface area contributed by atoms with Crippen molar-refractivity contribution in [2.75, 3.05) is 6.26 Å². The molecule has 9 heteroatoms. The molecule has 0 saturated heterocycles. The molecule has 1 N–H and O–H groups in total. The van der Waals surface area contributed by atoms with Crippen LogP contribution in [0.25, 0.3) is 34.5 Å². The number of imidazole rings is 1.